The van der Waals surface area contributed by atoms with E-state index in [0.717, 1.165) is 18.2 Å². The lowest BCUT2D eigenvalue weighted by Gasteiger charge is -2.05. The van der Waals surface area contributed by atoms with E-state index in [9.17, 15) is 18.0 Å². The number of methoxy groups -OCH3 is 1. The van der Waals surface area contributed by atoms with Crippen molar-refractivity contribution in [2.75, 3.05) is 7.11 Å². The minimum atomic E-state index is -4.34. The largest absolute Gasteiger partial charge is 0.466 e. The molecule has 0 N–H and O–H groups in total. The Balaban J connectivity index is 2.80. The Labute approximate surface area is 90.3 Å². The monoisotopic (exact) mass is 230 g/mol. The molecule has 1 rings (SSSR count). The van der Waals surface area contributed by atoms with Gasteiger partial charge in [-0.15, -0.1) is 0 Å². The summed E-state index contributed by atoms with van der Waals surface area (Å²) in [6.07, 6.45) is -1.82. The molecule has 0 bridgehead atoms. The van der Waals surface area contributed by atoms with Crippen molar-refractivity contribution in [1.29, 1.82) is 0 Å². The van der Waals surface area contributed by atoms with Crippen molar-refractivity contribution >= 4 is 12.0 Å². The Kier molecular flexibility index (Phi) is 3.71. The number of halogens is 3. The molecule has 0 aliphatic carbocycles. The molecule has 0 atom stereocenters. The van der Waals surface area contributed by atoms with Gasteiger partial charge in [0, 0.05) is 6.08 Å². The quantitative estimate of drug-likeness (QED) is 0.576. The molecule has 16 heavy (non-hydrogen) atoms. The number of esters is 1. The number of carbonyl (C=O) groups excluding carboxylic acids is 1. The zero-order chi connectivity index (χ0) is 12.2. The molecule has 1 aromatic rings. The molecule has 0 unspecified atom stereocenters. The van der Waals surface area contributed by atoms with E-state index < -0.39 is 17.7 Å². The van der Waals surface area contributed by atoms with Gasteiger partial charge in [0.2, 0.25) is 0 Å². The topological polar surface area (TPSA) is 26.3 Å². The van der Waals surface area contributed by atoms with Crippen LogP contribution in [0.25, 0.3) is 6.08 Å². The summed E-state index contributed by atoms with van der Waals surface area (Å²) >= 11 is 0. The fourth-order valence-corrected chi connectivity index (χ4v) is 1.02. The zero-order valence-corrected chi connectivity index (χ0v) is 8.41. The highest BCUT2D eigenvalue weighted by molar-refractivity contribution is 5.86. The van der Waals surface area contributed by atoms with E-state index in [1.807, 2.05) is 0 Å². The van der Waals surface area contributed by atoms with Crippen molar-refractivity contribution in [1.82, 2.24) is 0 Å². The van der Waals surface area contributed by atoms with Crippen LogP contribution in [0.1, 0.15) is 11.1 Å². The van der Waals surface area contributed by atoms with Gasteiger partial charge in [-0.3, -0.25) is 0 Å². The molecule has 0 aliphatic heterocycles. The Hall–Kier alpha value is -1.78. The molecule has 86 valence electrons. The smallest absolute Gasteiger partial charge is 0.416 e. The van der Waals surface area contributed by atoms with E-state index in [1.165, 1.54) is 25.3 Å². The lowest BCUT2D eigenvalue weighted by atomic mass is 10.1. The molecular formula is C11H9F3O2. The predicted octanol–water partition coefficient (Wildman–Crippen LogP) is 2.89. The number of carbonyl (C=O) groups is 1. The zero-order valence-electron chi connectivity index (χ0n) is 8.41. The Morgan fingerprint density at radius 1 is 1.25 bits per heavy atom. The summed E-state index contributed by atoms with van der Waals surface area (Å²) in [5.74, 6) is -0.556. The summed E-state index contributed by atoms with van der Waals surface area (Å²) in [7, 11) is 1.22. The van der Waals surface area contributed by atoms with E-state index in [1.54, 1.807) is 0 Å². The van der Waals surface area contributed by atoms with Crippen LogP contribution in [0.2, 0.25) is 0 Å². The lowest BCUT2D eigenvalue weighted by molar-refractivity contribution is -0.137. The minimum Gasteiger partial charge on any atom is -0.466 e. The number of hydrogen-bond donors (Lipinski definition) is 0. The fourth-order valence-electron chi connectivity index (χ4n) is 1.02. The van der Waals surface area contributed by atoms with Crippen molar-refractivity contribution in [3.8, 4) is 0 Å². The fraction of sp³-hybridized carbons (Fsp3) is 0.182. The van der Waals surface area contributed by atoms with Crippen molar-refractivity contribution in [2.24, 2.45) is 0 Å². The van der Waals surface area contributed by atoms with Crippen LogP contribution in [0.15, 0.2) is 30.3 Å². The second kappa shape index (κ2) is 4.83. The molecule has 0 spiro atoms. The molecule has 0 radical (unpaired) electrons. The maximum absolute atomic E-state index is 12.2. The van der Waals surface area contributed by atoms with Gasteiger partial charge in [-0.2, -0.15) is 13.2 Å². The summed E-state index contributed by atoms with van der Waals surface area (Å²) in [6, 6.07) is 4.47. The number of benzene rings is 1. The van der Waals surface area contributed by atoms with Gasteiger partial charge in [-0.05, 0) is 23.8 Å². The van der Waals surface area contributed by atoms with Crippen LogP contribution in [0, 0.1) is 0 Å². The Morgan fingerprint density at radius 2 is 1.81 bits per heavy atom. The van der Waals surface area contributed by atoms with Crippen LogP contribution in [-0.2, 0) is 15.7 Å². The van der Waals surface area contributed by atoms with Gasteiger partial charge in [0.05, 0.1) is 12.7 Å². The third kappa shape index (κ3) is 3.42. The van der Waals surface area contributed by atoms with Gasteiger partial charge in [0.25, 0.3) is 0 Å². The van der Waals surface area contributed by atoms with Crippen LogP contribution in [-0.4, -0.2) is 13.1 Å². The van der Waals surface area contributed by atoms with Crippen molar-refractivity contribution in [3.63, 3.8) is 0 Å². The van der Waals surface area contributed by atoms with E-state index in [2.05, 4.69) is 4.74 Å². The summed E-state index contributed by atoms with van der Waals surface area (Å²) < 4.78 is 40.9. The molecule has 0 aromatic heterocycles. The average Bonchev–Trinajstić information content (AvgIpc) is 2.25. The minimum absolute atomic E-state index is 0.499. The SMILES string of the molecule is COC(=O)/C=C\c1ccc(C(F)(F)F)cc1. The summed E-state index contributed by atoms with van der Waals surface area (Å²) in [6.45, 7) is 0. The molecule has 0 fully saturated rings. The first kappa shape index (κ1) is 12.3. The first-order valence-electron chi connectivity index (χ1n) is 4.37. The Bertz CT molecular complexity index is 391. The number of alkyl halides is 3. The summed E-state index contributed by atoms with van der Waals surface area (Å²) in [5, 5.41) is 0. The normalized spacial score (nSPS) is 11.8. The Morgan fingerprint density at radius 3 is 2.25 bits per heavy atom. The van der Waals surface area contributed by atoms with Gasteiger partial charge in [-0.25, -0.2) is 4.79 Å². The van der Waals surface area contributed by atoms with Gasteiger partial charge in [0.15, 0.2) is 0 Å². The summed E-state index contributed by atoms with van der Waals surface area (Å²) in [5.41, 5.74) is -0.221. The van der Waals surface area contributed by atoms with Crippen molar-refractivity contribution < 1.29 is 22.7 Å². The standard InChI is InChI=1S/C11H9F3O2/c1-16-10(15)7-4-8-2-5-9(6-3-8)11(12,13)14/h2-7H,1H3/b7-4-. The van der Waals surface area contributed by atoms with Crippen LogP contribution in [0.5, 0.6) is 0 Å². The third-order valence-corrected chi connectivity index (χ3v) is 1.85. The van der Waals surface area contributed by atoms with E-state index in [0.29, 0.717) is 5.56 Å². The molecule has 2 nitrogen and oxygen atoms in total. The van der Waals surface area contributed by atoms with E-state index in [-0.39, 0.29) is 0 Å². The predicted molar refractivity (Wildman–Crippen MR) is 52.5 cm³/mol. The van der Waals surface area contributed by atoms with Crippen LogP contribution in [0.3, 0.4) is 0 Å². The van der Waals surface area contributed by atoms with Gasteiger partial charge < -0.3 is 4.74 Å². The molecular weight excluding hydrogens is 221 g/mol. The van der Waals surface area contributed by atoms with Crippen LogP contribution in [0.4, 0.5) is 13.2 Å². The van der Waals surface area contributed by atoms with Gasteiger partial charge in [-0.1, -0.05) is 12.1 Å². The highest BCUT2D eigenvalue weighted by Crippen LogP contribution is 2.29. The van der Waals surface area contributed by atoms with Crippen LogP contribution < -0.4 is 0 Å². The second-order valence-electron chi connectivity index (χ2n) is 2.98. The second-order valence-corrected chi connectivity index (χ2v) is 2.98. The third-order valence-electron chi connectivity index (χ3n) is 1.85. The van der Waals surface area contributed by atoms with Crippen molar-refractivity contribution in [3.05, 3.63) is 41.5 Å². The highest BCUT2D eigenvalue weighted by Gasteiger charge is 2.29. The summed E-state index contributed by atoms with van der Waals surface area (Å²) in [4.78, 5) is 10.7. The first-order valence-corrected chi connectivity index (χ1v) is 4.37. The molecule has 5 heteroatoms. The highest BCUT2D eigenvalue weighted by atomic mass is 19.4. The van der Waals surface area contributed by atoms with Crippen LogP contribution >= 0.6 is 0 Å². The lowest BCUT2D eigenvalue weighted by Crippen LogP contribution is -2.04. The van der Waals surface area contributed by atoms with Crippen molar-refractivity contribution in [2.45, 2.75) is 6.18 Å². The number of hydrogen-bond acceptors (Lipinski definition) is 2. The molecule has 0 saturated carbocycles. The molecule has 0 aliphatic rings. The molecule has 1 aromatic carbocycles. The first-order chi connectivity index (χ1) is 7.43. The van der Waals surface area contributed by atoms with E-state index >= 15 is 0 Å². The van der Waals surface area contributed by atoms with Gasteiger partial charge in [0.1, 0.15) is 0 Å². The number of ether oxygens (including phenoxy) is 1. The molecule has 0 heterocycles. The van der Waals surface area contributed by atoms with Gasteiger partial charge >= 0.3 is 12.1 Å². The average molecular weight is 230 g/mol. The maximum atomic E-state index is 12.2. The number of rotatable bonds is 2. The molecule has 0 saturated heterocycles. The van der Waals surface area contributed by atoms with E-state index in [4.69, 9.17) is 0 Å². The molecule has 0 amide bonds. The maximum Gasteiger partial charge on any atom is 0.416 e.